The first-order chi connectivity index (χ1) is 9.86. The summed E-state index contributed by atoms with van der Waals surface area (Å²) in [5.41, 5.74) is 2.64. The lowest BCUT2D eigenvalue weighted by atomic mass is 10.3. The van der Waals surface area contributed by atoms with Gasteiger partial charge in [-0.15, -0.1) is 23.7 Å². The van der Waals surface area contributed by atoms with Crippen LogP contribution in [0, 0.1) is 0 Å². The second-order valence-corrected chi connectivity index (χ2v) is 4.94. The second kappa shape index (κ2) is 7.06. The molecule has 0 saturated carbocycles. The Bertz CT molecular complexity index is 703. The Balaban J connectivity index is 0.00000161. The van der Waals surface area contributed by atoms with E-state index in [0.29, 0.717) is 0 Å². The topological polar surface area (TPSA) is 47.0 Å². The third-order valence-corrected chi connectivity index (χ3v) is 3.54. The molecule has 0 radical (unpaired) electrons. The zero-order chi connectivity index (χ0) is 13.8. The van der Waals surface area contributed by atoms with Gasteiger partial charge in [-0.3, -0.25) is 4.98 Å². The summed E-state index contributed by atoms with van der Waals surface area (Å²) in [6.07, 6.45) is 1.77. The molecule has 2 aromatic heterocycles. The minimum atomic E-state index is 0. The molecule has 2 heterocycles. The summed E-state index contributed by atoms with van der Waals surface area (Å²) < 4.78 is 5.31. The first-order valence-electron chi connectivity index (χ1n) is 6.14. The predicted octanol–water partition coefficient (Wildman–Crippen LogP) is 4.38. The van der Waals surface area contributed by atoms with Crippen LogP contribution in [0.25, 0.3) is 11.4 Å². The molecular formula is C15H14ClN3OS. The molecule has 1 aromatic carbocycles. The third kappa shape index (κ3) is 3.51. The maximum absolute atomic E-state index is 5.31. The van der Waals surface area contributed by atoms with E-state index >= 15 is 0 Å². The molecule has 0 spiro atoms. The molecule has 3 rings (SSSR count). The molecule has 0 amide bonds. The minimum absolute atomic E-state index is 0. The molecule has 0 aliphatic heterocycles. The van der Waals surface area contributed by atoms with Gasteiger partial charge in [-0.25, -0.2) is 4.98 Å². The van der Waals surface area contributed by atoms with E-state index in [1.807, 2.05) is 47.8 Å². The van der Waals surface area contributed by atoms with Gasteiger partial charge in [0, 0.05) is 11.6 Å². The van der Waals surface area contributed by atoms with E-state index in [1.165, 1.54) is 0 Å². The van der Waals surface area contributed by atoms with Crippen LogP contribution in [0.1, 0.15) is 0 Å². The summed E-state index contributed by atoms with van der Waals surface area (Å²) >= 11 is 1.54. The van der Waals surface area contributed by atoms with Crippen LogP contribution in [0.4, 0.5) is 10.8 Å². The number of nitrogens with zero attached hydrogens (tertiary/aromatic N) is 2. The van der Waals surface area contributed by atoms with E-state index in [1.54, 1.807) is 24.6 Å². The lowest BCUT2D eigenvalue weighted by molar-refractivity contribution is 0.417. The van der Waals surface area contributed by atoms with Gasteiger partial charge in [0.1, 0.15) is 11.4 Å². The number of anilines is 2. The number of thiazole rings is 1. The van der Waals surface area contributed by atoms with Gasteiger partial charge in [0.25, 0.3) is 0 Å². The van der Waals surface area contributed by atoms with Gasteiger partial charge < -0.3 is 10.1 Å². The first kappa shape index (κ1) is 15.3. The van der Waals surface area contributed by atoms with Gasteiger partial charge >= 0.3 is 0 Å². The molecule has 0 aliphatic carbocycles. The predicted molar refractivity (Wildman–Crippen MR) is 88.9 cm³/mol. The summed E-state index contributed by atoms with van der Waals surface area (Å²) in [5, 5.41) is 6.07. The Kier molecular flexibility index (Phi) is 5.14. The first-order valence-corrected chi connectivity index (χ1v) is 7.02. The molecule has 0 fully saturated rings. The Morgan fingerprint density at radius 2 is 1.86 bits per heavy atom. The van der Waals surface area contributed by atoms with Gasteiger partial charge in [-0.05, 0) is 24.3 Å². The van der Waals surface area contributed by atoms with Gasteiger partial charge in [0.2, 0.25) is 0 Å². The molecule has 21 heavy (non-hydrogen) atoms. The number of nitrogens with one attached hydrogen (secondary N) is 1. The number of aromatic nitrogens is 2. The summed E-state index contributed by atoms with van der Waals surface area (Å²) in [6, 6.07) is 13.6. The highest BCUT2D eigenvalue weighted by Gasteiger charge is 2.07. The highest BCUT2D eigenvalue weighted by Crippen LogP contribution is 2.30. The smallest absolute Gasteiger partial charge is 0.187 e. The highest BCUT2D eigenvalue weighted by atomic mass is 35.5. The minimum Gasteiger partial charge on any atom is -0.495 e. The maximum atomic E-state index is 5.31. The largest absolute Gasteiger partial charge is 0.495 e. The lowest BCUT2D eigenvalue weighted by Gasteiger charge is -2.07. The molecule has 0 atom stereocenters. The summed E-state index contributed by atoms with van der Waals surface area (Å²) in [4.78, 5) is 8.84. The fourth-order valence-electron chi connectivity index (χ4n) is 1.83. The summed E-state index contributed by atoms with van der Waals surface area (Å²) in [7, 11) is 1.65. The van der Waals surface area contributed by atoms with Crippen molar-refractivity contribution in [3.8, 4) is 17.1 Å². The van der Waals surface area contributed by atoms with Crippen molar-refractivity contribution >= 4 is 34.6 Å². The van der Waals surface area contributed by atoms with Crippen LogP contribution in [0.2, 0.25) is 0 Å². The number of benzene rings is 1. The van der Waals surface area contributed by atoms with Gasteiger partial charge in [-0.1, -0.05) is 18.2 Å². The van der Waals surface area contributed by atoms with Crippen LogP contribution in [0.3, 0.4) is 0 Å². The third-order valence-electron chi connectivity index (χ3n) is 2.78. The molecule has 3 aromatic rings. The molecule has 4 nitrogen and oxygen atoms in total. The Morgan fingerprint density at radius 3 is 2.62 bits per heavy atom. The van der Waals surface area contributed by atoms with E-state index in [0.717, 1.165) is 28.0 Å². The number of pyridine rings is 1. The van der Waals surface area contributed by atoms with Crippen LogP contribution in [0.15, 0.2) is 54.0 Å². The number of ether oxygens (including phenoxy) is 1. The van der Waals surface area contributed by atoms with Crippen LogP contribution >= 0.6 is 23.7 Å². The summed E-state index contributed by atoms with van der Waals surface area (Å²) in [6.45, 7) is 0. The van der Waals surface area contributed by atoms with Gasteiger partial charge in [-0.2, -0.15) is 0 Å². The molecule has 0 saturated heterocycles. The SMILES string of the molecule is COc1ccccc1Nc1nc(-c2ccccn2)cs1.Cl. The van der Waals surface area contributed by atoms with Gasteiger partial charge in [0.15, 0.2) is 5.13 Å². The van der Waals surface area contributed by atoms with Crippen molar-refractivity contribution in [3.05, 3.63) is 54.0 Å². The van der Waals surface area contributed by atoms with Crippen molar-refractivity contribution < 1.29 is 4.74 Å². The van der Waals surface area contributed by atoms with E-state index in [4.69, 9.17) is 4.74 Å². The number of methoxy groups -OCH3 is 1. The van der Waals surface area contributed by atoms with E-state index in [-0.39, 0.29) is 12.4 Å². The standard InChI is InChI=1S/C15H13N3OS.ClH/c1-19-14-8-3-2-7-12(14)17-15-18-13(10-20-15)11-6-4-5-9-16-11;/h2-10H,1H3,(H,17,18);1H. The Morgan fingerprint density at radius 1 is 1.05 bits per heavy atom. The van der Waals surface area contributed by atoms with Crippen molar-refractivity contribution in [2.75, 3.05) is 12.4 Å². The van der Waals surface area contributed by atoms with Gasteiger partial charge in [0.05, 0.1) is 18.5 Å². The number of rotatable bonds is 4. The van der Waals surface area contributed by atoms with Crippen LogP contribution in [-0.2, 0) is 0 Å². The normalized spacial score (nSPS) is 9.76. The highest BCUT2D eigenvalue weighted by molar-refractivity contribution is 7.14. The average Bonchev–Trinajstić information content (AvgIpc) is 2.97. The maximum Gasteiger partial charge on any atom is 0.187 e. The monoisotopic (exact) mass is 319 g/mol. The van der Waals surface area contributed by atoms with Crippen molar-refractivity contribution in [1.82, 2.24) is 9.97 Å². The Hall–Kier alpha value is -2.11. The lowest BCUT2D eigenvalue weighted by Crippen LogP contribution is -1.93. The van der Waals surface area contributed by atoms with Crippen LogP contribution < -0.4 is 10.1 Å². The quantitative estimate of drug-likeness (QED) is 0.775. The Labute approximate surface area is 133 Å². The van der Waals surface area contributed by atoms with Crippen molar-refractivity contribution in [2.45, 2.75) is 0 Å². The molecule has 0 aliphatic rings. The number of hydrogen-bond donors (Lipinski definition) is 1. The molecule has 108 valence electrons. The van der Waals surface area contributed by atoms with Crippen molar-refractivity contribution in [1.29, 1.82) is 0 Å². The fourth-order valence-corrected chi connectivity index (χ4v) is 2.54. The number of hydrogen-bond acceptors (Lipinski definition) is 5. The van der Waals surface area contributed by atoms with Crippen molar-refractivity contribution in [2.24, 2.45) is 0 Å². The number of halogens is 1. The zero-order valence-electron chi connectivity index (χ0n) is 11.3. The molecule has 6 heteroatoms. The second-order valence-electron chi connectivity index (χ2n) is 4.08. The summed E-state index contributed by atoms with van der Waals surface area (Å²) in [5.74, 6) is 0.794. The van der Waals surface area contributed by atoms with Crippen LogP contribution in [-0.4, -0.2) is 17.1 Å². The molecule has 0 bridgehead atoms. The fraction of sp³-hybridized carbons (Fsp3) is 0.0667. The van der Waals surface area contributed by atoms with Crippen LogP contribution in [0.5, 0.6) is 5.75 Å². The van der Waals surface area contributed by atoms with Crippen molar-refractivity contribution in [3.63, 3.8) is 0 Å². The number of para-hydroxylation sites is 2. The van der Waals surface area contributed by atoms with E-state index < -0.39 is 0 Å². The molecule has 1 N–H and O–H groups in total. The average molecular weight is 320 g/mol. The van der Waals surface area contributed by atoms with E-state index in [9.17, 15) is 0 Å². The molecular weight excluding hydrogens is 306 g/mol. The molecule has 0 unspecified atom stereocenters. The van der Waals surface area contributed by atoms with E-state index in [2.05, 4.69) is 15.3 Å². The zero-order valence-corrected chi connectivity index (χ0v) is 12.9.